The lowest BCUT2D eigenvalue weighted by molar-refractivity contribution is 0.428. The Labute approximate surface area is 136 Å². The Kier molecular flexibility index (Phi) is 6.75. The van der Waals surface area contributed by atoms with E-state index in [0.717, 1.165) is 23.9 Å². The van der Waals surface area contributed by atoms with Crippen molar-refractivity contribution in [3.05, 3.63) is 27.1 Å². The molecule has 0 aliphatic carbocycles. The molecule has 1 atom stereocenters. The van der Waals surface area contributed by atoms with Gasteiger partial charge in [-0.2, -0.15) is 0 Å². The van der Waals surface area contributed by atoms with Gasteiger partial charge in [0.15, 0.2) is 0 Å². The molecular weight excluding hydrogens is 419 g/mol. The highest BCUT2D eigenvalue weighted by Crippen LogP contribution is 2.26. The summed E-state index contributed by atoms with van der Waals surface area (Å²) >= 11 is 6.59. The minimum Gasteiger partial charge on any atom is -0.315 e. The van der Waals surface area contributed by atoms with E-state index in [1.54, 1.807) is 18.2 Å². The molecule has 1 saturated heterocycles. The fourth-order valence-electron chi connectivity index (χ4n) is 1.93. The molecule has 0 amide bonds. The van der Waals surface area contributed by atoms with Crippen molar-refractivity contribution in [1.82, 2.24) is 10.0 Å². The number of nitrogens with one attached hydrogen (secondary N) is 2. The molecule has 2 N–H and O–H groups in total. The van der Waals surface area contributed by atoms with Gasteiger partial charge in [0.25, 0.3) is 0 Å². The van der Waals surface area contributed by atoms with Crippen molar-refractivity contribution in [2.24, 2.45) is 0 Å². The first-order valence-corrected chi connectivity index (χ1v) is 8.74. The van der Waals surface area contributed by atoms with Crippen LogP contribution < -0.4 is 10.0 Å². The number of piperidine rings is 1. The van der Waals surface area contributed by atoms with Crippen molar-refractivity contribution in [1.29, 1.82) is 0 Å². The SMILES string of the molecule is Cl.O=S(=O)(N[C@H]1CCCNC1)c1ccc(Br)cc1Br. The van der Waals surface area contributed by atoms with Crippen LogP contribution in [0.25, 0.3) is 0 Å². The Morgan fingerprint density at radius 1 is 1.32 bits per heavy atom. The van der Waals surface area contributed by atoms with Crippen LogP contribution in [0.4, 0.5) is 0 Å². The fraction of sp³-hybridized carbons (Fsp3) is 0.455. The zero-order chi connectivity index (χ0) is 13.2. The Morgan fingerprint density at radius 3 is 2.63 bits per heavy atom. The fourth-order valence-corrected chi connectivity index (χ4v) is 4.94. The van der Waals surface area contributed by atoms with Crippen LogP contribution in [-0.4, -0.2) is 27.5 Å². The van der Waals surface area contributed by atoms with Crippen molar-refractivity contribution in [3.63, 3.8) is 0 Å². The molecule has 108 valence electrons. The van der Waals surface area contributed by atoms with E-state index < -0.39 is 10.0 Å². The van der Waals surface area contributed by atoms with Crippen LogP contribution in [0, 0.1) is 0 Å². The average molecular weight is 435 g/mol. The van der Waals surface area contributed by atoms with Gasteiger partial charge in [0.1, 0.15) is 0 Å². The Balaban J connectivity index is 0.00000180. The van der Waals surface area contributed by atoms with Crippen LogP contribution in [0.15, 0.2) is 32.0 Å². The molecule has 0 aromatic heterocycles. The van der Waals surface area contributed by atoms with Crippen LogP contribution in [0.1, 0.15) is 12.8 Å². The van der Waals surface area contributed by atoms with Gasteiger partial charge in [0.05, 0.1) is 4.90 Å². The predicted molar refractivity (Wildman–Crippen MR) is 85.3 cm³/mol. The highest BCUT2D eigenvalue weighted by Gasteiger charge is 2.23. The maximum Gasteiger partial charge on any atom is 0.241 e. The number of hydrogen-bond acceptors (Lipinski definition) is 3. The van der Waals surface area contributed by atoms with Crippen LogP contribution >= 0.6 is 44.3 Å². The second-order valence-corrected chi connectivity index (χ2v) is 7.69. The van der Waals surface area contributed by atoms with Crippen LogP contribution in [0.5, 0.6) is 0 Å². The summed E-state index contributed by atoms with van der Waals surface area (Å²) in [5.41, 5.74) is 0. The first kappa shape index (κ1) is 17.4. The lowest BCUT2D eigenvalue weighted by atomic mass is 10.1. The molecule has 0 saturated carbocycles. The van der Waals surface area contributed by atoms with Crippen molar-refractivity contribution in [3.8, 4) is 0 Å². The lowest BCUT2D eigenvalue weighted by Crippen LogP contribution is -2.45. The van der Waals surface area contributed by atoms with E-state index in [1.165, 1.54) is 0 Å². The molecule has 0 bridgehead atoms. The molecule has 4 nitrogen and oxygen atoms in total. The van der Waals surface area contributed by atoms with Crippen LogP contribution in [-0.2, 0) is 10.0 Å². The number of benzene rings is 1. The van der Waals surface area contributed by atoms with E-state index in [1.807, 2.05) is 0 Å². The topological polar surface area (TPSA) is 58.2 Å². The highest BCUT2D eigenvalue weighted by atomic mass is 79.9. The van der Waals surface area contributed by atoms with Gasteiger partial charge in [-0.25, -0.2) is 13.1 Å². The molecule has 1 aliphatic heterocycles. The Morgan fingerprint density at radius 2 is 2.05 bits per heavy atom. The molecule has 1 aliphatic rings. The van der Waals surface area contributed by atoms with Crippen molar-refractivity contribution in [2.45, 2.75) is 23.8 Å². The van der Waals surface area contributed by atoms with Gasteiger partial charge in [-0.15, -0.1) is 12.4 Å². The summed E-state index contributed by atoms with van der Waals surface area (Å²) in [6.07, 6.45) is 1.87. The number of hydrogen-bond donors (Lipinski definition) is 2. The third-order valence-electron chi connectivity index (χ3n) is 2.80. The van der Waals surface area contributed by atoms with Gasteiger partial charge in [-0.3, -0.25) is 0 Å². The van der Waals surface area contributed by atoms with Gasteiger partial charge in [0.2, 0.25) is 10.0 Å². The van der Waals surface area contributed by atoms with E-state index in [9.17, 15) is 8.42 Å². The second kappa shape index (κ2) is 7.38. The molecule has 2 rings (SSSR count). The summed E-state index contributed by atoms with van der Waals surface area (Å²) in [4.78, 5) is 0.274. The van der Waals surface area contributed by atoms with Gasteiger partial charge < -0.3 is 5.32 Å². The molecule has 19 heavy (non-hydrogen) atoms. The van der Waals surface area contributed by atoms with Crippen LogP contribution in [0.2, 0.25) is 0 Å². The quantitative estimate of drug-likeness (QED) is 0.769. The summed E-state index contributed by atoms with van der Waals surface area (Å²) in [5.74, 6) is 0. The first-order chi connectivity index (χ1) is 8.49. The molecule has 1 fully saturated rings. The molecular formula is C11H15Br2ClN2O2S. The largest absolute Gasteiger partial charge is 0.315 e. The van der Waals surface area contributed by atoms with Crippen LogP contribution in [0.3, 0.4) is 0 Å². The van der Waals surface area contributed by atoms with Gasteiger partial charge >= 0.3 is 0 Å². The minimum absolute atomic E-state index is 0. The lowest BCUT2D eigenvalue weighted by Gasteiger charge is -2.23. The summed E-state index contributed by atoms with van der Waals surface area (Å²) in [7, 11) is -3.47. The standard InChI is InChI=1S/C11H14Br2N2O2S.ClH/c12-8-3-4-11(10(13)6-8)18(16,17)15-9-2-1-5-14-7-9;/h3-4,6,9,14-15H,1-2,5,7H2;1H/t9-;/m0./s1. The molecule has 1 aromatic carbocycles. The zero-order valence-electron chi connectivity index (χ0n) is 10.0. The summed E-state index contributed by atoms with van der Waals surface area (Å²) < 4.78 is 28.6. The highest BCUT2D eigenvalue weighted by molar-refractivity contribution is 9.11. The molecule has 0 spiro atoms. The van der Waals surface area contributed by atoms with E-state index in [4.69, 9.17) is 0 Å². The number of sulfonamides is 1. The van der Waals surface area contributed by atoms with E-state index in [-0.39, 0.29) is 23.3 Å². The normalized spacial score (nSPS) is 19.8. The Hall–Kier alpha value is 0.340. The molecule has 8 heteroatoms. The monoisotopic (exact) mass is 432 g/mol. The summed E-state index contributed by atoms with van der Waals surface area (Å²) in [6.45, 7) is 1.65. The molecule has 0 unspecified atom stereocenters. The van der Waals surface area contributed by atoms with Crippen molar-refractivity contribution in [2.75, 3.05) is 13.1 Å². The van der Waals surface area contributed by atoms with E-state index in [0.29, 0.717) is 11.0 Å². The molecule has 0 radical (unpaired) electrons. The summed E-state index contributed by atoms with van der Waals surface area (Å²) in [6, 6.07) is 5.01. The van der Waals surface area contributed by atoms with Gasteiger partial charge in [0, 0.05) is 21.5 Å². The van der Waals surface area contributed by atoms with Gasteiger partial charge in [-0.1, -0.05) is 15.9 Å². The predicted octanol–water partition coefficient (Wildman–Crippen LogP) is 2.66. The van der Waals surface area contributed by atoms with Crippen molar-refractivity contribution < 1.29 is 8.42 Å². The third kappa shape index (κ3) is 4.68. The average Bonchev–Trinajstić information content (AvgIpc) is 2.29. The number of rotatable bonds is 3. The molecule has 1 aromatic rings. The van der Waals surface area contributed by atoms with Crippen molar-refractivity contribution >= 4 is 54.3 Å². The second-order valence-electron chi connectivity index (χ2n) is 4.24. The minimum atomic E-state index is -3.47. The third-order valence-corrected chi connectivity index (χ3v) is 5.79. The maximum absolute atomic E-state index is 12.2. The van der Waals surface area contributed by atoms with Gasteiger partial charge in [-0.05, 0) is 53.5 Å². The smallest absolute Gasteiger partial charge is 0.241 e. The Bertz CT molecular complexity index is 533. The number of halogens is 3. The maximum atomic E-state index is 12.2. The summed E-state index contributed by atoms with van der Waals surface area (Å²) in [5, 5.41) is 3.19. The molecule has 1 heterocycles. The first-order valence-electron chi connectivity index (χ1n) is 5.67. The van der Waals surface area contributed by atoms with E-state index >= 15 is 0 Å². The zero-order valence-corrected chi connectivity index (χ0v) is 14.8. The van der Waals surface area contributed by atoms with E-state index in [2.05, 4.69) is 41.9 Å².